The number of halogens is 1. The highest BCUT2D eigenvalue weighted by Crippen LogP contribution is 2.34. The zero-order chi connectivity index (χ0) is 10.7. The fourth-order valence-corrected chi connectivity index (χ4v) is 1.65. The number of hydrogen-bond acceptors (Lipinski definition) is 3. The first-order valence-electron chi connectivity index (χ1n) is 5.52. The normalized spacial score (nSPS) is 17.5. The van der Waals surface area contributed by atoms with Gasteiger partial charge in [-0.05, 0) is 18.8 Å². The molecule has 0 spiro atoms. The first-order chi connectivity index (χ1) is 7.28. The second kappa shape index (κ2) is 4.55. The molecule has 0 amide bonds. The van der Waals surface area contributed by atoms with Gasteiger partial charge in [-0.2, -0.15) is 0 Å². The van der Waals surface area contributed by atoms with Crippen LogP contribution in [0.1, 0.15) is 32.6 Å². The van der Waals surface area contributed by atoms with E-state index in [1.165, 1.54) is 31.7 Å². The second-order valence-corrected chi connectivity index (χ2v) is 4.15. The quantitative estimate of drug-likeness (QED) is 0.810. The second-order valence-electron chi connectivity index (χ2n) is 4.15. The van der Waals surface area contributed by atoms with Crippen molar-refractivity contribution in [1.29, 1.82) is 0 Å². The molecular formula is C11H16FN3. The molecule has 1 heterocycles. The topological polar surface area (TPSA) is 37.8 Å². The van der Waals surface area contributed by atoms with Gasteiger partial charge in [0.25, 0.3) is 0 Å². The van der Waals surface area contributed by atoms with Crippen LogP contribution in [-0.2, 0) is 0 Å². The molecule has 1 aromatic rings. The van der Waals surface area contributed by atoms with Crippen molar-refractivity contribution in [2.24, 2.45) is 5.92 Å². The summed E-state index contributed by atoms with van der Waals surface area (Å²) in [5, 5.41) is 3.24. The highest BCUT2D eigenvalue weighted by Gasteiger charge is 2.24. The van der Waals surface area contributed by atoms with Crippen molar-refractivity contribution in [3.05, 3.63) is 18.2 Å². The van der Waals surface area contributed by atoms with E-state index in [1.807, 2.05) is 0 Å². The van der Waals surface area contributed by atoms with Crippen LogP contribution in [0, 0.1) is 11.7 Å². The van der Waals surface area contributed by atoms with Gasteiger partial charge in [-0.25, -0.2) is 14.4 Å². The Balaban J connectivity index is 1.89. The average Bonchev–Trinajstić information content (AvgIpc) is 3.04. The number of rotatable bonds is 5. The molecule has 0 bridgehead atoms. The standard InChI is InChI=1S/C11H16FN3/c1-2-10(5-8-3-4-8)15-11-13-6-9(12)7-14-11/h6-8,10H,2-5H2,1H3,(H,13,14,15). The van der Waals surface area contributed by atoms with Gasteiger partial charge in [0.1, 0.15) is 0 Å². The summed E-state index contributed by atoms with van der Waals surface area (Å²) in [7, 11) is 0. The van der Waals surface area contributed by atoms with Crippen LogP contribution >= 0.6 is 0 Å². The van der Waals surface area contributed by atoms with Crippen molar-refractivity contribution in [1.82, 2.24) is 9.97 Å². The van der Waals surface area contributed by atoms with Crippen LogP contribution in [0.2, 0.25) is 0 Å². The first-order valence-corrected chi connectivity index (χ1v) is 5.52. The van der Waals surface area contributed by atoms with E-state index < -0.39 is 5.82 Å². The van der Waals surface area contributed by atoms with Gasteiger partial charge >= 0.3 is 0 Å². The Bertz CT molecular complexity index is 308. The van der Waals surface area contributed by atoms with Crippen LogP contribution in [0.5, 0.6) is 0 Å². The summed E-state index contributed by atoms with van der Waals surface area (Å²) in [5.74, 6) is 1.02. The average molecular weight is 209 g/mol. The Morgan fingerprint density at radius 3 is 2.67 bits per heavy atom. The number of nitrogens with zero attached hydrogens (tertiary/aromatic N) is 2. The molecule has 1 N–H and O–H groups in total. The Kier molecular flexibility index (Phi) is 3.14. The molecule has 1 atom stereocenters. The van der Waals surface area contributed by atoms with Gasteiger partial charge in [0, 0.05) is 6.04 Å². The third-order valence-corrected chi connectivity index (χ3v) is 2.76. The maximum atomic E-state index is 12.6. The number of hydrogen-bond donors (Lipinski definition) is 1. The van der Waals surface area contributed by atoms with Crippen molar-refractivity contribution < 1.29 is 4.39 Å². The Hall–Kier alpha value is -1.19. The SMILES string of the molecule is CCC(CC1CC1)Nc1ncc(F)cn1. The van der Waals surface area contributed by atoms with Gasteiger partial charge in [-0.1, -0.05) is 19.8 Å². The van der Waals surface area contributed by atoms with Gasteiger partial charge in [0.05, 0.1) is 12.4 Å². The molecule has 1 saturated carbocycles. The van der Waals surface area contributed by atoms with Crippen molar-refractivity contribution in [3.8, 4) is 0 Å². The molecule has 0 radical (unpaired) electrons. The van der Waals surface area contributed by atoms with E-state index in [-0.39, 0.29) is 0 Å². The molecule has 0 aliphatic heterocycles. The molecule has 82 valence electrons. The van der Waals surface area contributed by atoms with E-state index >= 15 is 0 Å². The first kappa shape index (κ1) is 10.3. The summed E-state index contributed by atoms with van der Waals surface area (Å²) in [6.45, 7) is 2.14. The van der Waals surface area contributed by atoms with E-state index in [1.54, 1.807) is 0 Å². The minimum absolute atomic E-state index is 0.393. The fraction of sp³-hybridized carbons (Fsp3) is 0.636. The molecular weight excluding hydrogens is 193 g/mol. The Labute approximate surface area is 89.1 Å². The monoisotopic (exact) mass is 209 g/mol. The summed E-state index contributed by atoms with van der Waals surface area (Å²) in [6.07, 6.45) is 7.32. The molecule has 3 nitrogen and oxygen atoms in total. The molecule has 0 aromatic carbocycles. The molecule has 1 aliphatic carbocycles. The van der Waals surface area contributed by atoms with E-state index in [2.05, 4.69) is 22.2 Å². The summed E-state index contributed by atoms with van der Waals surface area (Å²) >= 11 is 0. The largest absolute Gasteiger partial charge is 0.351 e. The van der Waals surface area contributed by atoms with Crippen LogP contribution in [0.3, 0.4) is 0 Å². The molecule has 1 aromatic heterocycles. The van der Waals surface area contributed by atoms with Crippen LogP contribution in [-0.4, -0.2) is 16.0 Å². The Morgan fingerprint density at radius 2 is 2.13 bits per heavy atom. The van der Waals surface area contributed by atoms with Gasteiger partial charge < -0.3 is 5.32 Å². The lowest BCUT2D eigenvalue weighted by atomic mass is 10.1. The van der Waals surface area contributed by atoms with E-state index in [0.717, 1.165) is 12.3 Å². The molecule has 2 rings (SSSR count). The predicted octanol–water partition coefficient (Wildman–Crippen LogP) is 2.61. The van der Waals surface area contributed by atoms with Crippen LogP contribution in [0.15, 0.2) is 12.4 Å². The van der Waals surface area contributed by atoms with Crippen molar-refractivity contribution in [2.75, 3.05) is 5.32 Å². The lowest BCUT2D eigenvalue weighted by molar-refractivity contribution is 0.579. The maximum Gasteiger partial charge on any atom is 0.222 e. The maximum absolute atomic E-state index is 12.6. The molecule has 1 aliphatic rings. The Morgan fingerprint density at radius 1 is 1.47 bits per heavy atom. The molecule has 4 heteroatoms. The van der Waals surface area contributed by atoms with Crippen LogP contribution < -0.4 is 5.32 Å². The van der Waals surface area contributed by atoms with Gasteiger partial charge in [-0.15, -0.1) is 0 Å². The van der Waals surface area contributed by atoms with Crippen molar-refractivity contribution >= 4 is 5.95 Å². The lowest BCUT2D eigenvalue weighted by Crippen LogP contribution is -2.20. The number of aromatic nitrogens is 2. The van der Waals surface area contributed by atoms with E-state index in [0.29, 0.717) is 12.0 Å². The lowest BCUT2D eigenvalue weighted by Gasteiger charge is -2.15. The number of anilines is 1. The van der Waals surface area contributed by atoms with Gasteiger partial charge in [0.15, 0.2) is 5.82 Å². The summed E-state index contributed by atoms with van der Waals surface area (Å²) in [6, 6.07) is 0.419. The summed E-state index contributed by atoms with van der Waals surface area (Å²) in [4.78, 5) is 7.79. The number of nitrogens with one attached hydrogen (secondary N) is 1. The zero-order valence-corrected chi connectivity index (χ0v) is 8.91. The van der Waals surface area contributed by atoms with Crippen LogP contribution in [0.4, 0.5) is 10.3 Å². The van der Waals surface area contributed by atoms with Gasteiger partial charge in [-0.3, -0.25) is 0 Å². The van der Waals surface area contributed by atoms with E-state index in [9.17, 15) is 4.39 Å². The third-order valence-electron chi connectivity index (χ3n) is 2.76. The zero-order valence-electron chi connectivity index (χ0n) is 8.91. The smallest absolute Gasteiger partial charge is 0.222 e. The van der Waals surface area contributed by atoms with Crippen molar-refractivity contribution in [2.45, 2.75) is 38.6 Å². The minimum Gasteiger partial charge on any atom is -0.351 e. The molecule has 0 saturated heterocycles. The molecule has 1 unspecified atom stereocenters. The van der Waals surface area contributed by atoms with E-state index in [4.69, 9.17) is 0 Å². The fourth-order valence-electron chi connectivity index (χ4n) is 1.65. The highest BCUT2D eigenvalue weighted by molar-refractivity contribution is 5.24. The molecule has 1 fully saturated rings. The third kappa shape index (κ3) is 3.15. The molecule has 15 heavy (non-hydrogen) atoms. The van der Waals surface area contributed by atoms with Gasteiger partial charge in [0.2, 0.25) is 5.95 Å². The minimum atomic E-state index is -0.393. The van der Waals surface area contributed by atoms with Crippen LogP contribution in [0.25, 0.3) is 0 Å². The predicted molar refractivity (Wildman–Crippen MR) is 57.0 cm³/mol. The summed E-state index contributed by atoms with van der Waals surface area (Å²) < 4.78 is 12.6. The highest BCUT2D eigenvalue weighted by atomic mass is 19.1. The van der Waals surface area contributed by atoms with Crippen molar-refractivity contribution in [3.63, 3.8) is 0 Å². The summed E-state index contributed by atoms with van der Waals surface area (Å²) in [5.41, 5.74) is 0.